The molecule has 0 saturated heterocycles. The fraction of sp³-hybridized carbons (Fsp3) is 0.656. The first kappa shape index (κ1) is 63.1. The van der Waals surface area contributed by atoms with Crippen LogP contribution in [-0.4, -0.2) is 37.2 Å². The van der Waals surface area contributed by atoms with Gasteiger partial charge in [0.05, 0.1) is 0 Å². The molecular formula is C61H100O6. The molecule has 1 atom stereocenters. The summed E-state index contributed by atoms with van der Waals surface area (Å²) in [4.78, 5) is 38.0. The third-order valence-electron chi connectivity index (χ3n) is 11.2. The van der Waals surface area contributed by atoms with Crippen molar-refractivity contribution in [2.75, 3.05) is 13.2 Å². The van der Waals surface area contributed by atoms with E-state index in [-0.39, 0.29) is 31.1 Å². The van der Waals surface area contributed by atoms with Gasteiger partial charge in [0, 0.05) is 19.3 Å². The van der Waals surface area contributed by atoms with Crippen LogP contribution < -0.4 is 0 Å². The molecule has 0 N–H and O–H groups in total. The summed E-state index contributed by atoms with van der Waals surface area (Å²) in [5.74, 6) is -0.950. The van der Waals surface area contributed by atoms with E-state index >= 15 is 0 Å². The maximum absolute atomic E-state index is 12.8. The molecule has 0 aromatic carbocycles. The van der Waals surface area contributed by atoms with Crippen molar-refractivity contribution in [3.8, 4) is 0 Å². The molecule has 6 heteroatoms. The fourth-order valence-electron chi connectivity index (χ4n) is 7.12. The van der Waals surface area contributed by atoms with E-state index in [1.165, 1.54) is 44.9 Å². The molecule has 0 saturated carbocycles. The summed E-state index contributed by atoms with van der Waals surface area (Å²) in [6.07, 6.45) is 73.6. The Bertz CT molecular complexity index is 1390. The van der Waals surface area contributed by atoms with Crippen LogP contribution in [-0.2, 0) is 28.6 Å². The minimum atomic E-state index is -0.801. The molecule has 0 amide bonds. The van der Waals surface area contributed by atoms with Gasteiger partial charge < -0.3 is 14.2 Å². The molecular weight excluding hydrogens is 829 g/mol. The van der Waals surface area contributed by atoms with Crippen LogP contribution in [0.25, 0.3) is 0 Å². The average Bonchev–Trinajstić information content (AvgIpc) is 3.33. The van der Waals surface area contributed by atoms with Crippen LogP contribution in [0.3, 0.4) is 0 Å². The van der Waals surface area contributed by atoms with Crippen LogP contribution in [0.1, 0.15) is 239 Å². The van der Waals surface area contributed by atoms with Gasteiger partial charge in [0.1, 0.15) is 13.2 Å². The standard InChI is InChI=1S/C61H100O6/c1-4-7-10-13-16-19-22-25-26-27-28-29-30-31-32-33-34-37-39-42-45-48-51-54-60(63)66-57-58(67-61(64)55-52-49-46-43-40-36-24-21-18-15-12-9-6-3)56-65-59(62)53-50-47-44-41-38-35-23-20-17-14-11-8-5-2/h7,10,12,15-16,19-21,23-26,28-29,31-32,34,37,58H,4-6,8-9,11,13-14,17-18,22,27,30,33,35-36,38-57H2,1-3H3/b10-7-,15-12-,19-16-,23-20-,24-21-,26-25-,29-28-,32-31-,37-34-. The summed E-state index contributed by atoms with van der Waals surface area (Å²) < 4.78 is 16.8. The number of hydrogen-bond acceptors (Lipinski definition) is 6. The lowest BCUT2D eigenvalue weighted by atomic mass is 10.1. The van der Waals surface area contributed by atoms with Gasteiger partial charge in [-0.3, -0.25) is 14.4 Å². The Morgan fingerprint density at radius 1 is 0.313 bits per heavy atom. The number of hydrogen-bond donors (Lipinski definition) is 0. The number of ether oxygens (including phenoxy) is 3. The largest absolute Gasteiger partial charge is 0.462 e. The molecule has 6 nitrogen and oxygen atoms in total. The number of carbonyl (C=O) groups excluding carboxylic acids is 3. The van der Waals surface area contributed by atoms with E-state index in [4.69, 9.17) is 14.2 Å². The molecule has 0 aliphatic heterocycles. The van der Waals surface area contributed by atoms with Crippen LogP contribution >= 0.6 is 0 Å². The topological polar surface area (TPSA) is 78.9 Å². The molecule has 0 rings (SSSR count). The smallest absolute Gasteiger partial charge is 0.306 e. The molecule has 0 aliphatic carbocycles. The maximum Gasteiger partial charge on any atom is 0.306 e. The predicted molar refractivity (Wildman–Crippen MR) is 288 cm³/mol. The van der Waals surface area contributed by atoms with E-state index in [0.29, 0.717) is 19.3 Å². The van der Waals surface area contributed by atoms with E-state index in [0.717, 1.165) is 154 Å². The molecule has 1 unspecified atom stereocenters. The quantitative estimate of drug-likeness (QED) is 0.0262. The Hall–Kier alpha value is -3.93. The SMILES string of the molecule is CC/C=C\C/C=C\C/C=C\C/C=C\C/C=C\C/C=C\CCCCCCC(=O)OCC(COC(=O)CCCCCCC/C=C\CCCCCC)OC(=O)CCCCCCC/C=C\C/C=C\CCC. The molecule has 0 spiro atoms. The normalized spacial score (nSPS) is 12.9. The number of allylic oxidation sites excluding steroid dienone is 18. The first-order valence-corrected chi connectivity index (χ1v) is 27.4. The van der Waals surface area contributed by atoms with Gasteiger partial charge in [-0.25, -0.2) is 0 Å². The summed E-state index contributed by atoms with van der Waals surface area (Å²) in [5.41, 5.74) is 0. The van der Waals surface area contributed by atoms with E-state index < -0.39 is 6.10 Å². The highest BCUT2D eigenvalue weighted by atomic mass is 16.6. The van der Waals surface area contributed by atoms with Gasteiger partial charge in [-0.05, 0) is 122 Å². The maximum atomic E-state index is 12.8. The highest BCUT2D eigenvalue weighted by Gasteiger charge is 2.19. The van der Waals surface area contributed by atoms with E-state index in [1.807, 2.05) is 0 Å². The number of carbonyl (C=O) groups is 3. The van der Waals surface area contributed by atoms with Crippen LogP contribution in [0.2, 0.25) is 0 Å². The van der Waals surface area contributed by atoms with Crippen LogP contribution in [0, 0.1) is 0 Å². The van der Waals surface area contributed by atoms with Crippen LogP contribution in [0.15, 0.2) is 109 Å². The van der Waals surface area contributed by atoms with Crippen molar-refractivity contribution >= 4 is 17.9 Å². The van der Waals surface area contributed by atoms with E-state index in [9.17, 15) is 14.4 Å². The second kappa shape index (κ2) is 54.7. The van der Waals surface area contributed by atoms with Gasteiger partial charge in [0.2, 0.25) is 0 Å². The molecule has 0 heterocycles. The zero-order valence-corrected chi connectivity index (χ0v) is 43.4. The zero-order valence-electron chi connectivity index (χ0n) is 43.4. The Kier molecular flexibility index (Phi) is 51.5. The summed E-state index contributed by atoms with van der Waals surface area (Å²) in [5, 5.41) is 0. The molecule has 0 radical (unpaired) electrons. The van der Waals surface area contributed by atoms with Gasteiger partial charge in [0.25, 0.3) is 0 Å². The van der Waals surface area contributed by atoms with E-state index in [2.05, 4.69) is 130 Å². The summed E-state index contributed by atoms with van der Waals surface area (Å²) in [6, 6.07) is 0. The zero-order chi connectivity index (χ0) is 48.6. The molecule has 67 heavy (non-hydrogen) atoms. The first-order valence-electron chi connectivity index (χ1n) is 27.4. The first-order chi connectivity index (χ1) is 33.0. The van der Waals surface area contributed by atoms with Crippen molar-refractivity contribution in [1.29, 1.82) is 0 Å². The van der Waals surface area contributed by atoms with Crippen molar-refractivity contribution in [3.05, 3.63) is 109 Å². The Morgan fingerprint density at radius 3 is 0.985 bits per heavy atom. The summed E-state index contributed by atoms with van der Waals surface area (Å²) in [6.45, 7) is 6.39. The summed E-state index contributed by atoms with van der Waals surface area (Å²) in [7, 11) is 0. The van der Waals surface area contributed by atoms with Crippen LogP contribution in [0.5, 0.6) is 0 Å². The molecule has 0 aromatic heterocycles. The third-order valence-corrected chi connectivity index (χ3v) is 11.2. The molecule has 0 fully saturated rings. The van der Waals surface area contributed by atoms with Crippen molar-refractivity contribution in [1.82, 2.24) is 0 Å². The number of unbranched alkanes of at least 4 members (excludes halogenated alkanes) is 19. The van der Waals surface area contributed by atoms with Crippen molar-refractivity contribution < 1.29 is 28.6 Å². The molecule has 0 aliphatic rings. The second-order valence-electron chi connectivity index (χ2n) is 17.7. The van der Waals surface area contributed by atoms with Crippen LogP contribution in [0.4, 0.5) is 0 Å². The minimum Gasteiger partial charge on any atom is -0.462 e. The van der Waals surface area contributed by atoms with Gasteiger partial charge in [0.15, 0.2) is 6.10 Å². The van der Waals surface area contributed by atoms with Crippen molar-refractivity contribution in [3.63, 3.8) is 0 Å². The Labute approximate surface area is 412 Å². The second-order valence-corrected chi connectivity index (χ2v) is 17.7. The fourth-order valence-corrected chi connectivity index (χ4v) is 7.12. The van der Waals surface area contributed by atoms with Gasteiger partial charge in [-0.2, -0.15) is 0 Å². The Balaban J connectivity index is 4.42. The van der Waals surface area contributed by atoms with Gasteiger partial charge in [-0.15, -0.1) is 0 Å². The van der Waals surface area contributed by atoms with Crippen molar-refractivity contribution in [2.24, 2.45) is 0 Å². The van der Waals surface area contributed by atoms with E-state index in [1.54, 1.807) is 0 Å². The lowest BCUT2D eigenvalue weighted by Crippen LogP contribution is -2.30. The molecule has 0 aromatic rings. The van der Waals surface area contributed by atoms with Gasteiger partial charge >= 0.3 is 17.9 Å². The lowest BCUT2D eigenvalue weighted by molar-refractivity contribution is -0.167. The predicted octanol–water partition coefficient (Wildman–Crippen LogP) is 18.3. The Morgan fingerprint density at radius 2 is 0.612 bits per heavy atom. The summed E-state index contributed by atoms with van der Waals surface area (Å²) >= 11 is 0. The highest BCUT2D eigenvalue weighted by Crippen LogP contribution is 2.13. The van der Waals surface area contributed by atoms with Gasteiger partial charge in [-0.1, -0.05) is 207 Å². The average molecular weight is 929 g/mol. The number of esters is 3. The minimum absolute atomic E-state index is 0.0981. The third kappa shape index (κ3) is 52.9. The monoisotopic (exact) mass is 929 g/mol. The van der Waals surface area contributed by atoms with Crippen molar-refractivity contribution in [2.45, 2.75) is 245 Å². The highest BCUT2D eigenvalue weighted by molar-refractivity contribution is 5.71. The lowest BCUT2D eigenvalue weighted by Gasteiger charge is -2.18. The molecule has 0 bridgehead atoms. The number of rotatable bonds is 48. The molecule has 380 valence electrons.